The topological polar surface area (TPSA) is 76.7 Å². The maximum Gasteiger partial charge on any atom is 0.328 e. The lowest BCUT2D eigenvalue weighted by atomic mass is 9.75. The van der Waals surface area contributed by atoms with Crippen LogP contribution in [0, 0.1) is 17.3 Å². The fourth-order valence-corrected chi connectivity index (χ4v) is 5.18. The van der Waals surface area contributed by atoms with Gasteiger partial charge in [0, 0.05) is 38.7 Å². The lowest BCUT2D eigenvalue weighted by Crippen LogP contribution is -2.67. The molecule has 1 spiro atoms. The van der Waals surface area contributed by atoms with Gasteiger partial charge in [0.15, 0.2) is 0 Å². The lowest BCUT2D eigenvalue weighted by Gasteiger charge is -2.55. The second-order valence-corrected chi connectivity index (χ2v) is 9.03. The first-order valence-corrected chi connectivity index (χ1v) is 10.2. The molecule has 7 heteroatoms. The van der Waals surface area contributed by atoms with E-state index in [9.17, 15) is 14.7 Å². The summed E-state index contributed by atoms with van der Waals surface area (Å²) in [6.45, 7) is 3.98. The molecule has 2 aromatic rings. The van der Waals surface area contributed by atoms with Crippen LogP contribution in [0.1, 0.15) is 25.7 Å². The zero-order valence-electron chi connectivity index (χ0n) is 16.3. The Balaban J connectivity index is 1.23. The van der Waals surface area contributed by atoms with Crippen molar-refractivity contribution in [1.82, 2.24) is 14.0 Å². The SMILES string of the molecule is Cn1c(=O)n(CC2CCC(C(=O)N3CC4(COC4)C3)CC2)c2cc(O)ccc21. The Kier molecular flexibility index (Phi) is 4.05. The maximum absolute atomic E-state index is 12.7. The number of hydrogen-bond donors (Lipinski definition) is 1. The third kappa shape index (κ3) is 2.75. The number of carbonyl (C=O) groups is 1. The predicted octanol–water partition coefficient (Wildman–Crippen LogP) is 1.71. The Morgan fingerprint density at radius 3 is 2.54 bits per heavy atom. The Morgan fingerprint density at radius 2 is 1.89 bits per heavy atom. The van der Waals surface area contributed by atoms with Crippen molar-refractivity contribution in [2.75, 3.05) is 26.3 Å². The maximum atomic E-state index is 12.7. The summed E-state index contributed by atoms with van der Waals surface area (Å²) in [7, 11) is 1.76. The van der Waals surface area contributed by atoms with Crippen LogP contribution in [0.5, 0.6) is 5.75 Å². The molecule has 3 fully saturated rings. The molecule has 0 unspecified atom stereocenters. The molecule has 1 N–H and O–H groups in total. The summed E-state index contributed by atoms with van der Waals surface area (Å²) < 4.78 is 8.70. The third-order valence-electron chi connectivity index (χ3n) is 6.95. The van der Waals surface area contributed by atoms with Crippen LogP contribution in [-0.2, 0) is 23.1 Å². The number of aromatic hydroxyl groups is 1. The summed E-state index contributed by atoms with van der Waals surface area (Å²) in [5.41, 5.74) is 1.83. The Bertz CT molecular complexity index is 971. The Morgan fingerprint density at radius 1 is 1.18 bits per heavy atom. The van der Waals surface area contributed by atoms with Crippen LogP contribution in [0.4, 0.5) is 0 Å². The minimum Gasteiger partial charge on any atom is -0.508 e. The van der Waals surface area contributed by atoms with Crippen LogP contribution in [-0.4, -0.2) is 51.4 Å². The van der Waals surface area contributed by atoms with E-state index in [2.05, 4.69) is 0 Å². The first-order valence-electron chi connectivity index (χ1n) is 10.2. The van der Waals surface area contributed by atoms with Gasteiger partial charge in [0.2, 0.25) is 5.91 Å². The number of phenols is 1. The number of ether oxygens (including phenoxy) is 1. The van der Waals surface area contributed by atoms with Gasteiger partial charge in [-0.2, -0.15) is 0 Å². The molecule has 0 atom stereocenters. The van der Waals surface area contributed by atoms with Crippen molar-refractivity contribution in [3.8, 4) is 5.75 Å². The van der Waals surface area contributed by atoms with E-state index in [4.69, 9.17) is 4.74 Å². The average Bonchev–Trinajstić information content (AvgIpc) is 2.84. The number of aryl methyl sites for hydroxylation is 1. The van der Waals surface area contributed by atoms with Crippen molar-refractivity contribution in [3.05, 3.63) is 28.7 Å². The van der Waals surface area contributed by atoms with Crippen molar-refractivity contribution in [1.29, 1.82) is 0 Å². The van der Waals surface area contributed by atoms with Gasteiger partial charge < -0.3 is 14.7 Å². The van der Waals surface area contributed by atoms with Crippen molar-refractivity contribution >= 4 is 16.9 Å². The summed E-state index contributed by atoms with van der Waals surface area (Å²) in [6.07, 6.45) is 3.71. The van der Waals surface area contributed by atoms with E-state index < -0.39 is 0 Å². The molecular weight excluding hydrogens is 358 g/mol. The number of imidazole rings is 1. The molecule has 150 valence electrons. The molecule has 1 aromatic carbocycles. The summed E-state index contributed by atoms with van der Waals surface area (Å²) >= 11 is 0. The fraction of sp³-hybridized carbons (Fsp3) is 0.619. The van der Waals surface area contributed by atoms with Gasteiger partial charge in [0.25, 0.3) is 0 Å². The molecule has 1 aromatic heterocycles. The van der Waals surface area contributed by atoms with E-state index >= 15 is 0 Å². The molecule has 2 saturated heterocycles. The van der Waals surface area contributed by atoms with Crippen LogP contribution >= 0.6 is 0 Å². The first kappa shape index (κ1) is 17.8. The van der Waals surface area contributed by atoms with E-state index in [1.165, 1.54) is 0 Å². The standard InChI is InChI=1S/C21H27N3O4/c1-22-17-7-6-16(25)8-18(17)24(20(22)27)9-14-2-4-15(5-3-14)19(26)23-10-21(11-23)12-28-13-21/h6-8,14-15,25H,2-5,9-13H2,1H3. The molecule has 0 radical (unpaired) electrons. The van der Waals surface area contributed by atoms with Crippen molar-refractivity contribution in [3.63, 3.8) is 0 Å². The zero-order valence-corrected chi connectivity index (χ0v) is 16.3. The molecule has 5 rings (SSSR count). The minimum absolute atomic E-state index is 0.0487. The predicted molar refractivity (Wildman–Crippen MR) is 104 cm³/mol. The number of amides is 1. The second kappa shape index (κ2) is 6.37. The summed E-state index contributed by atoms with van der Waals surface area (Å²) in [5, 5.41) is 9.82. The van der Waals surface area contributed by atoms with Gasteiger partial charge in [-0.15, -0.1) is 0 Å². The molecule has 0 bridgehead atoms. The number of likely N-dealkylation sites (tertiary alicyclic amines) is 1. The monoisotopic (exact) mass is 385 g/mol. The number of nitrogens with zero attached hydrogens (tertiary/aromatic N) is 3. The van der Waals surface area contributed by atoms with Gasteiger partial charge in [-0.05, 0) is 43.7 Å². The van der Waals surface area contributed by atoms with E-state index in [0.29, 0.717) is 18.4 Å². The third-order valence-corrected chi connectivity index (χ3v) is 6.95. The van der Waals surface area contributed by atoms with E-state index in [1.54, 1.807) is 34.4 Å². The highest BCUT2D eigenvalue weighted by Crippen LogP contribution is 2.40. The van der Waals surface area contributed by atoms with Crippen molar-refractivity contribution < 1.29 is 14.6 Å². The largest absolute Gasteiger partial charge is 0.508 e. The van der Waals surface area contributed by atoms with Crippen LogP contribution in [0.25, 0.3) is 11.0 Å². The highest BCUT2D eigenvalue weighted by molar-refractivity contribution is 5.80. The van der Waals surface area contributed by atoms with Crippen LogP contribution in [0.3, 0.4) is 0 Å². The van der Waals surface area contributed by atoms with Gasteiger partial charge in [0.05, 0.1) is 29.7 Å². The molecule has 2 aliphatic heterocycles. The highest BCUT2D eigenvalue weighted by atomic mass is 16.5. The molecule has 1 amide bonds. The summed E-state index contributed by atoms with van der Waals surface area (Å²) in [5.74, 6) is 0.994. The molecule has 1 aliphatic carbocycles. The van der Waals surface area contributed by atoms with E-state index in [0.717, 1.165) is 63.0 Å². The van der Waals surface area contributed by atoms with Gasteiger partial charge in [0.1, 0.15) is 5.75 Å². The van der Waals surface area contributed by atoms with Gasteiger partial charge in [-0.1, -0.05) is 0 Å². The van der Waals surface area contributed by atoms with Crippen LogP contribution in [0.2, 0.25) is 0 Å². The highest BCUT2D eigenvalue weighted by Gasteiger charge is 2.51. The average molecular weight is 385 g/mol. The van der Waals surface area contributed by atoms with E-state index in [-0.39, 0.29) is 22.8 Å². The molecule has 28 heavy (non-hydrogen) atoms. The van der Waals surface area contributed by atoms with E-state index in [1.807, 2.05) is 4.90 Å². The number of phenolic OH excluding ortho intramolecular Hbond substituents is 1. The summed E-state index contributed by atoms with van der Waals surface area (Å²) in [6, 6.07) is 5.06. The fourth-order valence-electron chi connectivity index (χ4n) is 5.18. The summed E-state index contributed by atoms with van der Waals surface area (Å²) in [4.78, 5) is 27.4. The van der Waals surface area contributed by atoms with Gasteiger partial charge in [-0.25, -0.2) is 4.79 Å². The molecule has 3 aliphatic rings. The molecule has 1 saturated carbocycles. The van der Waals surface area contributed by atoms with Gasteiger partial charge in [-0.3, -0.25) is 13.9 Å². The number of rotatable bonds is 3. The second-order valence-electron chi connectivity index (χ2n) is 9.03. The quantitative estimate of drug-likeness (QED) is 0.873. The molecular formula is C21H27N3O4. The molecule has 7 nitrogen and oxygen atoms in total. The first-order chi connectivity index (χ1) is 13.5. The number of benzene rings is 1. The number of fused-ring (bicyclic) bond motifs is 1. The molecule has 3 heterocycles. The van der Waals surface area contributed by atoms with Crippen molar-refractivity contribution in [2.24, 2.45) is 24.3 Å². The van der Waals surface area contributed by atoms with Gasteiger partial charge >= 0.3 is 5.69 Å². The Hall–Kier alpha value is -2.28. The van der Waals surface area contributed by atoms with Crippen LogP contribution < -0.4 is 5.69 Å². The number of aromatic nitrogens is 2. The van der Waals surface area contributed by atoms with Crippen LogP contribution in [0.15, 0.2) is 23.0 Å². The minimum atomic E-state index is -0.0487. The Labute approximate surface area is 163 Å². The van der Waals surface area contributed by atoms with Crippen molar-refractivity contribution in [2.45, 2.75) is 32.2 Å². The zero-order chi connectivity index (χ0) is 19.5. The number of carbonyl (C=O) groups excluding carboxylic acids is 1. The normalized spacial score (nSPS) is 26.2. The smallest absolute Gasteiger partial charge is 0.328 e. The number of hydrogen-bond acceptors (Lipinski definition) is 4. The lowest BCUT2D eigenvalue weighted by molar-refractivity contribution is -0.198.